The maximum atomic E-state index is 11.8. The van der Waals surface area contributed by atoms with E-state index in [1.807, 2.05) is 0 Å². The molecule has 0 aromatic rings. The van der Waals surface area contributed by atoms with Crippen molar-refractivity contribution in [1.29, 1.82) is 0 Å². The lowest BCUT2D eigenvalue weighted by Gasteiger charge is -2.43. The smallest absolute Gasteiger partial charge is 0.223 e. The van der Waals surface area contributed by atoms with E-state index in [0.717, 1.165) is 12.8 Å². The van der Waals surface area contributed by atoms with Crippen LogP contribution < -0.4 is 5.73 Å². The van der Waals surface area contributed by atoms with Crippen LogP contribution in [0.4, 0.5) is 0 Å². The molecule has 5 heteroatoms. The molecule has 2 N–H and O–H groups in total. The summed E-state index contributed by atoms with van der Waals surface area (Å²) >= 11 is 0. The van der Waals surface area contributed by atoms with Crippen LogP contribution in [0, 0.1) is 11.3 Å². The zero-order valence-corrected chi connectivity index (χ0v) is 10.3. The number of nitrogens with zero attached hydrogens (tertiary/aromatic N) is 1. The summed E-state index contributed by atoms with van der Waals surface area (Å²) in [6.45, 7) is 1.89. The van der Waals surface area contributed by atoms with Crippen LogP contribution in [0.15, 0.2) is 0 Å². The Hall–Kier alpha value is -1.10. The van der Waals surface area contributed by atoms with Gasteiger partial charge in [-0.15, -0.1) is 0 Å². The Labute approximate surface area is 101 Å². The first kappa shape index (κ1) is 12.4. The van der Waals surface area contributed by atoms with Gasteiger partial charge in [0, 0.05) is 32.0 Å². The number of ether oxygens (including phenoxy) is 1. The highest BCUT2D eigenvalue weighted by Crippen LogP contribution is 2.42. The number of rotatable bonds is 5. The summed E-state index contributed by atoms with van der Waals surface area (Å²) in [5, 5.41) is 0. The highest BCUT2D eigenvalue weighted by Gasteiger charge is 2.42. The Kier molecular flexibility index (Phi) is 3.38. The molecule has 1 saturated heterocycles. The van der Waals surface area contributed by atoms with E-state index in [0.29, 0.717) is 19.7 Å². The van der Waals surface area contributed by atoms with Crippen LogP contribution in [0.1, 0.15) is 25.7 Å². The largest absolute Gasteiger partial charge is 0.384 e. The predicted octanol–water partition coefficient (Wildman–Crippen LogP) is 0.137. The average molecular weight is 240 g/mol. The molecule has 5 nitrogen and oxygen atoms in total. The van der Waals surface area contributed by atoms with Crippen LogP contribution in [0.2, 0.25) is 0 Å². The van der Waals surface area contributed by atoms with E-state index in [2.05, 4.69) is 0 Å². The normalized spacial score (nSPS) is 27.0. The number of nitrogens with two attached hydrogens (primary N) is 1. The summed E-state index contributed by atoms with van der Waals surface area (Å²) in [5.41, 5.74) is 5.37. The Morgan fingerprint density at radius 1 is 1.59 bits per heavy atom. The second-order valence-corrected chi connectivity index (χ2v) is 5.36. The number of methoxy groups -OCH3 is 1. The Balaban J connectivity index is 1.95. The van der Waals surface area contributed by atoms with E-state index in [1.165, 1.54) is 6.42 Å². The summed E-state index contributed by atoms with van der Waals surface area (Å²) in [6, 6.07) is 0. The third-order valence-electron chi connectivity index (χ3n) is 4.01. The van der Waals surface area contributed by atoms with Crippen LogP contribution in [0.25, 0.3) is 0 Å². The molecule has 1 aliphatic carbocycles. The summed E-state index contributed by atoms with van der Waals surface area (Å²) in [4.78, 5) is 24.7. The highest BCUT2D eigenvalue weighted by molar-refractivity contribution is 5.88. The van der Waals surface area contributed by atoms with Gasteiger partial charge in [-0.2, -0.15) is 0 Å². The minimum Gasteiger partial charge on any atom is -0.384 e. The van der Waals surface area contributed by atoms with E-state index in [4.69, 9.17) is 10.5 Å². The van der Waals surface area contributed by atoms with Gasteiger partial charge in [-0.05, 0) is 12.8 Å². The Bertz CT molecular complexity index is 326. The van der Waals surface area contributed by atoms with E-state index in [1.54, 1.807) is 12.0 Å². The first-order valence-corrected chi connectivity index (χ1v) is 6.12. The first-order valence-electron chi connectivity index (χ1n) is 6.12. The lowest BCUT2D eigenvalue weighted by molar-refractivity contribution is -0.131. The second-order valence-electron chi connectivity index (χ2n) is 5.36. The van der Waals surface area contributed by atoms with Crippen molar-refractivity contribution in [3.8, 4) is 0 Å². The predicted molar refractivity (Wildman–Crippen MR) is 62.0 cm³/mol. The van der Waals surface area contributed by atoms with E-state index >= 15 is 0 Å². The summed E-state index contributed by atoms with van der Waals surface area (Å²) in [6.07, 6.45) is 3.68. The van der Waals surface area contributed by atoms with Crippen LogP contribution in [0.5, 0.6) is 0 Å². The number of hydrogen-bond acceptors (Lipinski definition) is 3. The average Bonchev–Trinajstić information content (AvgIpc) is 2.57. The van der Waals surface area contributed by atoms with Crippen LogP contribution >= 0.6 is 0 Å². The molecule has 0 bridgehead atoms. The molecule has 1 unspecified atom stereocenters. The van der Waals surface area contributed by atoms with Gasteiger partial charge in [0.2, 0.25) is 11.8 Å². The molecule has 1 aliphatic heterocycles. The highest BCUT2D eigenvalue weighted by atomic mass is 16.5. The number of amides is 2. The molecular formula is C12H20N2O3. The monoisotopic (exact) mass is 240 g/mol. The van der Waals surface area contributed by atoms with Gasteiger partial charge in [0.05, 0.1) is 12.5 Å². The maximum absolute atomic E-state index is 11.8. The van der Waals surface area contributed by atoms with Crippen molar-refractivity contribution in [1.82, 2.24) is 4.90 Å². The van der Waals surface area contributed by atoms with Crippen LogP contribution in [-0.4, -0.2) is 43.5 Å². The van der Waals surface area contributed by atoms with Gasteiger partial charge in [0.1, 0.15) is 0 Å². The SMILES string of the molecule is COCC1(CN2CC(C(N)=O)CC2=O)CCC1. The van der Waals surface area contributed by atoms with Crippen molar-refractivity contribution < 1.29 is 14.3 Å². The number of primary amides is 1. The molecule has 1 saturated carbocycles. The van der Waals surface area contributed by atoms with Crippen molar-refractivity contribution in [2.24, 2.45) is 17.1 Å². The third-order valence-corrected chi connectivity index (χ3v) is 4.01. The fraction of sp³-hybridized carbons (Fsp3) is 0.833. The zero-order valence-electron chi connectivity index (χ0n) is 10.3. The lowest BCUT2D eigenvalue weighted by atomic mass is 9.69. The molecule has 2 fully saturated rings. The maximum Gasteiger partial charge on any atom is 0.223 e. The third kappa shape index (κ3) is 2.44. The number of hydrogen-bond donors (Lipinski definition) is 1. The molecule has 96 valence electrons. The molecular weight excluding hydrogens is 220 g/mol. The molecule has 2 amide bonds. The standard InChI is InChI=1S/C12H20N2O3/c1-17-8-12(3-2-4-12)7-14-6-9(11(13)16)5-10(14)15/h9H,2-8H2,1H3,(H2,13,16). The minimum absolute atomic E-state index is 0.0520. The number of carbonyl (C=O) groups excluding carboxylic acids is 2. The van der Waals surface area contributed by atoms with Gasteiger partial charge in [0.15, 0.2) is 0 Å². The summed E-state index contributed by atoms with van der Waals surface area (Å²) in [7, 11) is 1.69. The van der Waals surface area contributed by atoms with Gasteiger partial charge in [-0.3, -0.25) is 9.59 Å². The van der Waals surface area contributed by atoms with Crippen molar-refractivity contribution in [2.75, 3.05) is 26.8 Å². The van der Waals surface area contributed by atoms with Gasteiger partial charge < -0.3 is 15.4 Å². The van der Waals surface area contributed by atoms with E-state index in [-0.39, 0.29) is 29.6 Å². The molecule has 0 aromatic carbocycles. The molecule has 0 radical (unpaired) electrons. The van der Waals surface area contributed by atoms with Crippen molar-refractivity contribution in [2.45, 2.75) is 25.7 Å². The zero-order chi connectivity index (χ0) is 12.5. The number of likely N-dealkylation sites (tertiary alicyclic amines) is 1. The fourth-order valence-corrected chi connectivity index (χ4v) is 2.85. The van der Waals surface area contributed by atoms with Gasteiger partial charge in [0.25, 0.3) is 0 Å². The molecule has 1 atom stereocenters. The van der Waals surface area contributed by atoms with Crippen molar-refractivity contribution in [3.63, 3.8) is 0 Å². The van der Waals surface area contributed by atoms with Gasteiger partial charge >= 0.3 is 0 Å². The van der Waals surface area contributed by atoms with Crippen LogP contribution in [-0.2, 0) is 14.3 Å². The molecule has 0 spiro atoms. The Morgan fingerprint density at radius 3 is 2.71 bits per heavy atom. The molecule has 0 aromatic heterocycles. The van der Waals surface area contributed by atoms with Gasteiger partial charge in [-0.1, -0.05) is 6.42 Å². The van der Waals surface area contributed by atoms with Crippen LogP contribution in [0.3, 0.4) is 0 Å². The molecule has 2 rings (SSSR count). The molecule has 2 aliphatic rings. The lowest BCUT2D eigenvalue weighted by Crippen LogP contribution is -2.46. The van der Waals surface area contributed by atoms with Crippen molar-refractivity contribution >= 4 is 11.8 Å². The summed E-state index contributed by atoms with van der Waals surface area (Å²) < 4.78 is 5.24. The Morgan fingerprint density at radius 2 is 2.29 bits per heavy atom. The number of carbonyl (C=O) groups is 2. The fourth-order valence-electron chi connectivity index (χ4n) is 2.85. The quantitative estimate of drug-likeness (QED) is 0.742. The topological polar surface area (TPSA) is 72.6 Å². The first-order chi connectivity index (χ1) is 8.06. The van der Waals surface area contributed by atoms with Gasteiger partial charge in [-0.25, -0.2) is 0 Å². The molecule has 17 heavy (non-hydrogen) atoms. The summed E-state index contributed by atoms with van der Waals surface area (Å²) in [5.74, 6) is -0.617. The van der Waals surface area contributed by atoms with E-state index < -0.39 is 0 Å². The van der Waals surface area contributed by atoms with E-state index in [9.17, 15) is 9.59 Å². The van der Waals surface area contributed by atoms with Crippen molar-refractivity contribution in [3.05, 3.63) is 0 Å². The molecule has 1 heterocycles. The minimum atomic E-state index is -0.366. The second kappa shape index (κ2) is 4.64.